The molecule has 2 atom stereocenters. The van der Waals surface area contributed by atoms with Gasteiger partial charge in [-0.05, 0) is 48.5 Å². The Hall–Kier alpha value is -1.72. The van der Waals surface area contributed by atoms with E-state index in [0.29, 0.717) is 25.1 Å². The van der Waals surface area contributed by atoms with Crippen molar-refractivity contribution in [2.45, 2.75) is 24.7 Å². The van der Waals surface area contributed by atoms with Crippen molar-refractivity contribution in [3.8, 4) is 0 Å². The maximum atomic E-state index is 14.3. The number of aliphatic carboxylic acids is 1. The summed E-state index contributed by atoms with van der Waals surface area (Å²) in [6.45, 7) is 2.94. The van der Waals surface area contributed by atoms with Crippen LogP contribution in [0.3, 0.4) is 0 Å². The molecule has 3 nitrogen and oxygen atoms in total. The Balaban J connectivity index is 2.20. The van der Waals surface area contributed by atoms with Gasteiger partial charge in [0.2, 0.25) is 0 Å². The summed E-state index contributed by atoms with van der Waals surface area (Å²) in [6.07, 6.45) is 0.602. The van der Waals surface area contributed by atoms with Crippen LogP contribution in [0.2, 0.25) is 0 Å². The highest BCUT2D eigenvalue weighted by Crippen LogP contribution is 2.46. The first-order chi connectivity index (χ1) is 10.6. The number of aryl methyl sites for hydroxylation is 1. The number of rotatable bonds is 3. The highest BCUT2D eigenvalue weighted by Gasteiger charge is 2.51. The van der Waals surface area contributed by atoms with Gasteiger partial charge in [0.05, 0.1) is 0 Å². The molecule has 0 spiro atoms. The minimum Gasteiger partial charge on any atom is -0.481 e. The third-order valence-corrected chi connectivity index (χ3v) is 5.73. The molecule has 2 aromatic rings. The monoisotopic (exact) mass is 319 g/mol. The average molecular weight is 319 g/mol. The van der Waals surface area contributed by atoms with Crippen LogP contribution in [0, 0.1) is 12.7 Å². The van der Waals surface area contributed by atoms with Gasteiger partial charge < -0.3 is 10.4 Å². The Kier molecular flexibility index (Phi) is 4.02. The molecule has 1 aliphatic heterocycles. The van der Waals surface area contributed by atoms with Crippen molar-refractivity contribution in [1.82, 2.24) is 5.32 Å². The second-order valence-corrected chi connectivity index (χ2v) is 6.66. The van der Waals surface area contributed by atoms with Gasteiger partial charge in [0, 0.05) is 17.3 Å². The Bertz CT molecular complexity index is 699. The van der Waals surface area contributed by atoms with Gasteiger partial charge in [-0.15, -0.1) is 11.3 Å². The quantitative estimate of drug-likeness (QED) is 0.912. The largest absolute Gasteiger partial charge is 0.481 e. The van der Waals surface area contributed by atoms with E-state index in [1.165, 1.54) is 17.4 Å². The van der Waals surface area contributed by atoms with Crippen molar-refractivity contribution < 1.29 is 14.3 Å². The predicted molar refractivity (Wildman–Crippen MR) is 85.0 cm³/mol. The summed E-state index contributed by atoms with van der Waals surface area (Å²) in [7, 11) is 0. The van der Waals surface area contributed by atoms with Crippen molar-refractivity contribution in [3.05, 3.63) is 57.5 Å². The molecule has 2 heterocycles. The van der Waals surface area contributed by atoms with E-state index in [0.717, 1.165) is 10.4 Å². The number of nitrogens with one attached hydrogen (secondary N) is 1. The zero-order valence-electron chi connectivity index (χ0n) is 12.3. The van der Waals surface area contributed by atoms with E-state index in [2.05, 4.69) is 5.32 Å². The molecule has 22 heavy (non-hydrogen) atoms. The first kappa shape index (κ1) is 15.2. The fourth-order valence-corrected chi connectivity index (χ4v) is 4.64. The van der Waals surface area contributed by atoms with E-state index in [9.17, 15) is 14.3 Å². The summed E-state index contributed by atoms with van der Waals surface area (Å²) in [6, 6.07) is 8.46. The summed E-state index contributed by atoms with van der Waals surface area (Å²) in [5.41, 5.74) is 0.343. The molecule has 5 heteroatoms. The molecular weight excluding hydrogens is 301 g/mol. The van der Waals surface area contributed by atoms with E-state index in [-0.39, 0.29) is 11.7 Å². The van der Waals surface area contributed by atoms with Gasteiger partial charge in [-0.2, -0.15) is 0 Å². The van der Waals surface area contributed by atoms with Gasteiger partial charge in [0.1, 0.15) is 11.2 Å². The van der Waals surface area contributed by atoms with Crippen LogP contribution >= 0.6 is 11.3 Å². The molecule has 1 saturated heterocycles. The van der Waals surface area contributed by atoms with E-state index < -0.39 is 11.4 Å². The van der Waals surface area contributed by atoms with Crippen LogP contribution in [0.15, 0.2) is 35.7 Å². The lowest BCUT2D eigenvalue weighted by atomic mass is 9.66. The molecule has 0 aliphatic carbocycles. The average Bonchev–Trinajstić information content (AvgIpc) is 2.94. The first-order valence-corrected chi connectivity index (χ1v) is 8.18. The fraction of sp³-hybridized carbons (Fsp3) is 0.353. The highest BCUT2D eigenvalue weighted by molar-refractivity contribution is 7.10. The van der Waals surface area contributed by atoms with Gasteiger partial charge in [0.15, 0.2) is 0 Å². The van der Waals surface area contributed by atoms with Crippen molar-refractivity contribution in [1.29, 1.82) is 0 Å². The van der Waals surface area contributed by atoms with E-state index in [4.69, 9.17) is 0 Å². The van der Waals surface area contributed by atoms with Gasteiger partial charge in [-0.3, -0.25) is 4.79 Å². The number of carboxylic acids is 1. The van der Waals surface area contributed by atoms with Crippen LogP contribution in [0.5, 0.6) is 0 Å². The molecule has 0 radical (unpaired) electrons. The van der Waals surface area contributed by atoms with Crippen molar-refractivity contribution >= 4 is 17.3 Å². The molecule has 1 aromatic carbocycles. The zero-order valence-corrected chi connectivity index (χ0v) is 13.1. The fourth-order valence-electron chi connectivity index (χ4n) is 3.47. The molecule has 1 unspecified atom stereocenters. The summed E-state index contributed by atoms with van der Waals surface area (Å²) < 4.78 is 14.3. The Labute approximate surface area is 132 Å². The SMILES string of the molecule is Cc1ccsc1[C@@]1(C(=O)O)CNCCC1c1ccccc1F. The smallest absolute Gasteiger partial charge is 0.316 e. The van der Waals surface area contributed by atoms with Crippen LogP contribution in [0.1, 0.15) is 28.3 Å². The van der Waals surface area contributed by atoms with Crippen molar-refractivity contribution in [2.24, 2.45) is 0 Å². The van der Waals surface area contributed by atoms with Gasteiger partial charge in [-0.25, -0.2) is 4.39 Å². The Morgan fingerprint density at radius 1 is 1.41 bits per heavy atom. The number of carboxylic acid groups (broad SMARTS) is 1. The number of hydrogen-bond donors (Lipinski definition) is 2. The molecule has 0 amide bonds. The molecule has 1 aromatic heterocycles. The van der Waals surface area contributed by atoms with E-state index in [1.54, 1.807) is 18.2 Å². The third kappa shape index (κ3) is 2.25. The molecule has 0 saturated carbocycles. The number of hydrogen-bond acceptors (Lipinski definition) is 3. The summed E-state index contributed by atoms with van der Waals surface area (Å²) >= 11 is 1.44. The molecule has 116 valence electrons. The number of halogens is 1. The van der Waals surface area contributed by atoms with Crippen molar-refractivity contribution in [2.75, 3.05) is 13.1 Å². The summed E-state index contributed by atoms with van der Waals surface area (Å²) in [5, 5.41) is 15.2. The van der Waals surface area contributed by atoms with Gasteiger partial charge >= 0.3 is 5.97 Å². The van der Waals surface area contributed by atoms with Gasteiger partial charge in [-0.1, -0.05) is 18.2 Å². The normalized spacial score (nSPS) is 25.1. The van der Waals surface area contributed by atoms with Crippen LogP contribution < -0.4 is 5.32 Å². The minimum absolute atomic E-state index is 0.322. The van der Waals surface area contributed by atoms with E-state index in [1.807, 2.05) is 18.4 Å². The highest BCUT2D eigenvalue weighted by atomic mass is 32.1. The van der Waals surface area contributed by atoms with Crippen molar-refractivity contribution in [3.63, 3.8) is 0 Å². The summed E-state index contributed by atoms with van der Waals surface area (Å²) in [4.78, 5) is 13.1. The second-order valence-electron chi connectivity index (χ2n) is 5.75. The number of carbonyl (C=O) groups is 1. The Morgan fingerprint density at radius 3 is 2.82 bits per heavy atom. The number of thiophene rings is 1. The third-order valence-electron chi connectivity index (χ3n) is 4.54. The summed E-state index contributed by atoms with van der Waals surface area (Å²) in [5.74, 6) is -1.59. The van der Waals surface area contributed by atoms with Crippen LogP contribution in [-0.2, 0) is 10.2 Å². The van der Waals surface area contributed by atoms with Crippen LogP contribution in [0.25, 0.3) is 0 Å². The lowest BCUT2D eigenvalue weighted by molar-refractivity contribution is -0.145. The zero-order chi connectivity index (χ0) is 15.7. The number of benzene rings is 1. The van der Waals surface area contributed by atoms with E-state index >= 15 is 0 Å². The number of piperidine rings is 1. The standard InChI is InChI=1S/C17H18FNO2S/c1-11-7-9-22-15(11)17(16(20)21)10-19-8-6-13(17)12-4-2-3-5-14(12)18/h2-5,7,9,13,19H,6,8,10H2,1H3,(H,20,21)/t13?,17-/m1/s1. The lowest BCUT2D eigenvalue weighted by Gasteiger charge is -2.41. The Morgan fingerprint density at radius 2 is 2.18 bits per heavy atom. The molecule has 2 N–H and O–H groups in total. The molecule has 1 aliphatic rings. The molecule has 1 fully saturated rings. The molecule has 3 rings (SSSR count). The predicted octanol–water partition coefficient (Wildman–Crippen LogP) is 3.30. The molecule has 0 bridgehead atoms. The first-order valence-electron chi connectivity index (χ1n) is 7.30. The lowest BCUT2D eigenvalue weighted by Crippen LogP contribution is -2.53. The minimum atomic E-state index is -1.11. The van der Waals surface area contributed by atoms with Gasteiger partial charge in [0.25, 0.3) is 0 Å². The topological polar surface area (TPSA) is 49.3 Å². The van der Waals surface area contributed by atoms with Crippen LogP contribution in [0.4, 0.5) is 4.39 Å². The second kappa shape index (κ2) is 5.82. The maximum Gasteiger partial charge on any atom is 0.316 e. The molecular formula is C17H18FNO2S. The van der Waals surface area contributed by atoms with Crippen LogP contribution in [-0.4, -0.2) is 24.2 Å². The maximum absolute atomic E-state index is 14.3.